The molecule has 154 valence electrons. The molecule has 2 saturated heterocycles. The SMILES string of the molecule is CN(C)C(=O)N1CCC(C(=O)NCC(c2ccccc2Cl)N2CCCC2)CC1. The molecule has 0 radical (unpaired) electrons. The highest BCUT2D eigenvalue weighted by atomic mass is 35.5. The van der Waals surface area contributed by atoms with Crippen molar-refractivity contribution in [2.45, 2.75) is 31.7 Å². The lowest BCUT2D eigenvalue weighted by Gasteiger charge is -2.34. The Labute approximate surface area is 172 Å². The Kier molecular flexibility index (Phi) is 7.18. The third-order valence-electron chi connectivity index (χ3n) is 5.83. The number of benzene rings is 1. The summed E-state index contributed by atoms with van der Waals surface area (Å²) in [6.07, 6.45) is 3.80. The first kappa shape index (κ1) is 20.9. The van der Waals surface area contributed by atoms with Gasteiger partial charge >= 0.3 is 6.03 Å². The van der Waals surface area contributed by atoms with Crippen LogP contribution in [0.15, 0.2) is 24.3 Å². The highest BCUT2D eigenvalue weighted by molar-refractivity contribution is 6.31. The average molecular weight is 407 g/mol. The molecule has 28 heavy (non-hydrogen) atoms. The highest BCUT2D eigenvalue weighted by Crippen LogP contribution is 2.30. The van der Waals surface area contributed by atoms with Crippen molar-refractivity contribution in [1.29, 1.82) is 0 Å². The molecule has 3 amide bonds. The molecule has 2 aliphatic rings. The number of carbonyl (C=O) groups excluding carboxylic acids is 2. The summed E-state index contributed by atoms with van der Waals surface area (Å²) in [4.78, 5) is 30.7. The fourth-order valence-electron chi connectivity index (χ4n) is 4.19. The Hall–Kier alpha value is -1.79. The number of carbonyl (C=O) groups is 2. The van der Waals surface area contributed by atoms with Crippen molar-refractivity contribution in [2.24, 2.45) is 5.92 Å². The Morgan fingerprint density at radius 2 is 1.79 bits per heavy atom. The van der Waals surface area contributed by atoms with Crippen LogP contribution in [-0.2, 0) is 4.79 Å². The molecule has 2 heterocycles. The first-order chi connectivity index (χ1) is 13.5. The topological polar surface area (TPSA) is 55.9 Å². The number of hydrogen-bond acceptors (Lipinski definition) is 3. The number of nitrogens with zero attached hydrogens (tertiary/aromatic N) is 3. The zero-order chi connectivity index (χ0) is 20.1. The molecule has 2 fully saturated rings. The predicted octanol–water partition coefficient (Wildman–Crippen LogP) is 2.99. The van der Waals surface area contributed by atoms with Gasteiger partial charge in [-0.25, -0.2) is 4.79 Å². The third-order valence-corrected chi connectivity index (χ3v) is 6.18. The Bertz CT molecular complexity index is 683. The minimum Gasteiger partial charge on any atom is -0.354 e. The van der Waals surface area contributed by atoms with Crippen LogP contribution in [0.5, 0.6) is 0 Å². The molecule has 1 unspecified atom stereocenters. The molecular formula is C21H31ClN4O2. The average Bonchev–Trinajstić information content (AvgIpc) is 3.23. The number of nitrogens with one attached hydrogen (secondary N) is 1. The van der Waals surface area contributed by atoms with Crippen molar-refractivity contribution in [3.63, 3.8) is 0 Å². The van der Waals surface area contributed by atoms with Crippen LogP contribution in [0, 0.1) is 5.92 Å². The smallest absolute Gasteiger partial charge is 0.319 e. The van der Waals surface area contributed by atoms with Gasteiger partial charge in [-0.05, 0) is 50.4 Å². The number of rotatable bonds is 5. The summed E-state index contributed by atoms with van der Waals surface area (Å²) >= 11 is 6.45. The molecular weight excluding hydrogens is 376 g/mol. The van der Waals surface area contributed by atoms with Crippen LogP contribution in [0.25, 0.3) is 0 Å². The van der Waals surface area contributed by atoms with Gasteiger partial charge in [-0.1, -0.05) is 29.8 Å². The highest BCUT2D eigenvalue weighted by Gasteiger charge is 2.30. The minimum atomic E-state index is -0.0308. The molecule has 6 nitrogen and oxygen atoms in total. The van der Waals surface area contributed by atoms with Crippen LogP contribution in [0.3, 0.4) is 0 Å². The monoisotopic (exact) mass is 406 g/mol. The molecule has 1 aromatic carbocycles. The van der Waals surface area contributed by atoms with Crippen LogP contribution >= 0.6 is 11.6 Å². The lowest BCUT2D eigenvalue weighted by Crippen LogP contribution is -2.47. The molecule has 0 spiro atoms. The molecule has 0 aliphatic carbocycles. The number of amides is 3. The molecule has 2 aliphatic heterocycles. The maximum atomic E-state index is 12.8. The summed E-state index contributed by atoms with van der Waals surface area (Å²) in [6.45, 7) is 3.91. The van der Waals surface area contributed by atoms with E-state index in [0.717, 1.165) is 23.7 Å². The summed E-state index contributed by atoms with van der Waals surface area (Å²) in [5.41, 5.74) is 1.08. The fourth-order valence-corrected chi connectivity index (χ4v) is 4.45. The van der Waals surface area contributed by atoms with Gasteiger partial charge < -0.3 is 15.1 Å². The normalized spacial score (nSPS) is 19.5. The summed E-state index contributed by atoms with van der Waals surface area (Å²) in [7, 11) is 3.52. The van der Waals surface area contributed by atoms with Crippen molar-refractivity contribution >= 4 is 23.5 Å². The van der Waals surface area contributed by atoms with E-state index in [1.807, 2.05) is 23.1 Å². The van der Waals surface area contributed by atoms with Gasteiger partial charge in [-0.2, -0.15) is 0 Å². The van der Waals surface area contributed by atoms with Crippen LogP contribution in [0.2, 0.25) is 5.02 Å². The Morgan fingerprint density at radius 1 is 1.14 bits per heavy atom. The van der Waals surface area contributed by atoms with Crippen LogP contribution in [0.4, 0.5) is 4.79 Å². The summed E-state index contributed by atoms with van der Waals surface area (Å²) < 4.78 is 0. The van der Waals surface area contributed by atoms with Gasteiger partial charge in [0.2, 0.25) is 5.91 Å². The summed E-state index contributed by atoms with van der Waals surface area (Å²) in [5, 5.41) is 3.92. The van der Waals surface area contributed by atoms with Crippen molar-refractivity contribution in [3.05, 3.63) is 34.9 Å². The molecule has 0 saturated carbocycles. The van der Waals surface area contributed by atoms with E-state index in [2.05, 4.69) is 16.3 Å². The number of halogens is 1. The largest absolute Gasteiger partial charge is 0.354 e. The van der Waals surface area contributed by atoms with E-state index >= 15 is 0 Å². The zero-order valence-electron chi connectivity index (χ0n) is 16.9. The van der Waals surface area contributed by atoms with Crippen LogP contribution in [-0.4, -0.2) is 73.5 Å². The third kappa shape index (κ3) is 4.97. The fraction of sp³-hybridized carbons (Fsp3) is 0.619. The molecule has 0 aromatic heterocycles. The number of likely N-dealkylation sites (tertiary alicyclic amines) is 2. The van der Waals surface area contributed by atoms with Gasteiger partial charge in [0.05, 0.1) is 6.04 Å². The zero-order valence-corrected chi connectivity index (χ0v) is 17.6. The van der Waals surface area contributed by atoms with E-state index < -0.39 is 0 Å². The molecule has 0 bridgehead atoms. The van der Waals surface area contributed by atoms with Gasteiger partial charge in [0, 0.05) is 44.7 Å². The van der Waals surface area contributed by atoms with E-state index in [-0.39, 0.29) is 23.9 Å². The van der Waals surface area contributed by atoms with Gasteiger partial charge in [0.15, 0.2) is 0 Å². The van der Waals surface area contributed by atoms with E-state index in [1.165, 1.54) is 12.8 Å². The molecule has 3 rings (SSSR count). The van der Waals surface area contributed by atoms with E-state index in [4.69, 9.17) is 11.6 Å². The Balaban J connectivity index is 1.57. The van der Waals surface area contributed by atoms with E-state index in [9.17, 15) is 9.59 Å². The second-order valence-electron chi connectivity index (χ2n) is 7.96. The van der Waals surface area contributed by atoms with Crippen molar-refractivity contribution < 1.29 is 9.59 Å². The second-order valence-corrected chi connectivity index (χ2v) is 8.37. The van der Waals surface area contributed by atoms with Gasteiger partial charge in [0.1, 0.15) is 0 Å². The molecule has 7 heteroatoms. The first-order valence-corrected chi connectivity index (χ1v) is 10.6. The van der Waals surface area contributed by atoms with Crippen molar-refractivity contribution in [1.82, 2.24) is 20.0 Å². The maximum Gasteiger partial charge on any atom is 0.319 e. The van der Waals surface area contributed by atoms with Crippen molar-refractivity contribution in [2.75, 3.05) is 46.8 Å². The second kappa shape index (κ2) is 9.61. The number of piperidine rings is 1. The quantitative estimate of drug-likeness (QED) is 0.817. The molecule has 1 N–H and O–H groups in total. The minimum absolute atomic E-state index is 0.0201. The van der Waals surface area contributed by atoms with Crippen LogP contribution < -0.4 is 5.32 Å². The van der Waals surface area contributed by atoms with Gasteiger partial charge in [-0.15, -0.1) is 0 Å². The van der Waals surface area contributed by atoms with E-state index in [0.29, 0.717) is 32.5 Å². The van der Waals surface area contributed by atoms with Crippen LogP contribution in [0.1, 0.15) is 37.3 Å². The Morgan fingerprint density at radius 3 is 2.39 bits per heavy atom. The predicted molar refractivity (Wildman–Crippen MR) is 111 cm³/mol. The van der Waals surface area contributed by atoms with Crippen molar-refractivity contribution in [3.8, 4) is 0 Å². The summed E-state index contributed by atoms with van der Waals surface area (Å²) in [5.74, 6) is 0.0601. The lowest BCUT2D eigenvalue weighted by atomic mass is 9.95. The summed E-state index contributed by atoms with van der Waals surface area (Å²) in [6, 6.07) is 8.04. The standard InChI is InChI=1S/C21H31ClN4O2/c1-24(2)21(28)26-13-9-16(10-14-26)20(27)23-15-19(25-11-5-6-12-25)17-7-3-4-8-18(17)22/h3-4,7-8,16,19H,5-6,9-15H2,1-2H3,(H,23,27). The number of urea groups is 1. The molecule has 1 atom stereocenters. The number of hydrogen-bond donors (Lipinski definition) is 1. The van der Waals surface area contributed by atoms with Gasteiger partial charge in [-0.3, -0.25) is 9.69 Å². The van der Waals surface area contributed by atoms with E-state index in [1.54, 1.807) is 19.0 Å². The lowest BCUT2D eigenvalue weighted by molar-refractivity contribution is -0.126. The first-order valence-electron chi connectivity index (χ1n) is 10.2. The van der Waals surface area contributed by atoms with Gasteiger partial charge in [0.25, 0.3) is 0 Å². The molecule has 1 aromatic rings. The maximum absolute atomic E-state index is 12.8.